The van der Waals surface area contributed by atoms with Crippen LogP contribution in [-0.2, 0) is 9.53 Å². The molecule has 0 fully saturated rings. The smallest absolute Gasteiger partial charge is 0.318 e. The van der Waals surface area contributed by atoms with Crippen molar-refractivity contribution in [1.82, 2.24) is 0 Å². The Morgan fingerprint density at radius 1 is 0.938 bits per heavy atom. The van der Waals surface area contributed by atoms with Crippen molar-refractivity contribution in [2.24, 2.45) is 5.92 Å². The Morgan fingerprint density at radius 3 is 2.41 bits per heavy atom. The quantitative estimate of drug-likeness (QED) is 0.305. The summed E-state index contributed by atoms with van der Waals surface area (Å²) in [5, 5.41) is 11.5. The summed E-state index contributed by atoms with van der Waals surface area (Å²) in [6.45, 7) is 3.86. The van der Waals surface area contributed by atoms with Crippen LogP contribution in [0.5, 0.6) is 11.5 Å². The molecule has 0 aliphatic rings. The van der Waals surface area contributed by atoms with Gasteiger partial charge in [-0.1, -0.05) is 68.4 Å². The number of hydrogen-bond acceptors (Lipinski definition) is 5. The van der Waals surface area contributed by atoms with Crippen molar-refractivity contribution in [1.29, 1.82) is 5.26 Å². The zero-order chi connectivity index (χ0) is 22.5. The van der Waals surface area contributed by atoms with Gasteiger partial charge in [-0.15, -0.1) is 0 Å². The highest BCUT2D eigenvalue weighted by atomic mass is 16.5. The molecule has 0 spiro atoms. The molecule has 0 N–H and O–H groups in total. The molecule has 0 radical (unpaired) electrons. The third-order valence-electron chi connectivity index (χ3n) is 5.23. The first-order valence-corrected chi connectivity index (χ1v) is 10.5. The molecule has 0 saturated carbocycles. The van der Waals surface area contributed by atoms with Crippen LogP contribution in [0.3, 0.4) is 0 Å². The average molecular weight is 425 g/mol. The summed E-state index contributed by atoms with van der Waals surface area (Å²) in [7, 11) is 0. The normalized spacial score (nSPS) is 12.8. The van der Waals surface area contributed by atoms with Crippen LogP contribution >= 0.6 is 0 Å². The number of carbonyl (C=O) groups is 1. The molecule has 0 aliphatic carbocycles. The van der Waals surface area contributed by atoms with E-state index in [1.54, 1.807) is 30.5 Å². The molecular formula is C27H23NO4. The van der Waals surface area contributed by atoms with Crippen LogP contribution in [0.1, 0.15) is 37.2 Å². The summed E-state index contributed by atoms with van der Waals surface area (Å²) in [6.07, 6.45) is 0.573. The van der Waals surface area contributed by atoms with E-state index in [0.717, 1.165) is 10.8 Å². The van der Waals surface area contributed by atoms with Gasteiger partial charge in [0.2, 0.25) is 6.10 Å². The van der Waals surface area contributed by atoms with Gasteiger partial charge >= 0.3 is 5.97 Å². The Morgan fingerprint density at radius 2 is 1.66 bits per heavy atom. The molecule has 2 unspecified atom stereocenters. The lowest BCUT2D eigenvalue weighted by Gasteiger charge is -2.20. The third kappa shape index (κ3) is 4.50. The van der Waals surface area contributed by atoms with E-state index in [-0.39, 0.29) is 5.92 Å². The molecule has 0 saturated heterocycles. The fourth-order valence-electron chi connectivity index (χ4n) is 3.66. The van der Waals surface area contributed by atoms with Crippen molar-refractivity contribution in [3.05, 3.63) is 96.4 Å². The first-order chi connectivity index (χ1) is 15.6. The lowest BCUT2D eigenvalue weighted by atomic mass is 9.91. The van der Waals surface area contributed by atoms with Crippen LogP contribution in [0, 0.1) is 17.2 Å². The van der Waals surface area contributed by atoms with E-state index in [2.05, 4.69) is 6.07 Å². The van der Waals surface area contributed by atoms with Crippen LogP contribution in [0.25, 0.3) is 10.8 Å². The fraction of sp³-hybridized carbons (Fsp3) is 0.185. The highest BCUT2D eigenvalue weighted by Gasteiger charge is 2.32. The Kier molecular flexibility index (Phi) is 6.23. The molecule has 0 aliphatic heterocycles. The Bertz CT molecular complexity index is 1250. The van der Waals surface area contributed by atoms with Gasteiger partial charge in [0.15, 0.2) is 0 Å². The maximum Gasteiger partial charge on any atom is 0.318 e. The van der Waals surface area contributed by atoms with Crippen molar-refractivity contribution >= 4 is 16.7 Å². The van der Waals surface area contributed by atoms with Crippen molar-refractivity contribution < 1.29 is 18.7 Å². The number of ether oxygens (including phenoxy) is 2. The maximum absolute atomic E-state index is 13.2. The van der Waals surface area contributed by atoms with Gasteiger partial charge in [0.25, 0.3) is 0 Å². The van der Waals surface area contributed by atoms with Gasteiger partial charge in [0, 0.05) is 16.3 Å². The molecule has 0 amide bonds. The SMILES string of the molecule is CC(C)C(C(=O)OC(C#N)c1cccc(Oc2ccccc2)c1)c1occ2ccccc12. The van der Waals surface area contributed by atoms with Crippen molar-refractivity contribution in [2.75, 3.05) is 0 Å². The lowest BCUT2D eigenvalue weighted by molar-refractivity contribution is -0.150. The van der Waals surface area contributed by atoms with Crippen LogP contribution in [0.4, 0.5) is 0 Å². The molecule has 5 heteroatoms. The van der Waals surface area contributed by atoms with Gasteiger partial charge in [-0.25, -0.2) is 0 Å². The van der Waals surface area contributed by atoms with Crippen molar-refractivity contribution in [2.45, 2.75) is 25.9 Å². The summed E-state index contributed by atoms with van der Waals surface area (Å²) in [5.74, 6) is 0.584. The highest BCUT2D eigenvalue weighted by Crippen LogP contribution is 2.35. The van der Waals surface area contributed by atoms with E-state index in [1.165, 1.54) is 0 Å². The zero-order valence-electron chi connectivity index (χ0n) is 17.9. The summed E-state index contributed by atoms with van der Waals surface area (Å²) in [5.41, 5.74) is 0.543. The predicted molar refractivity (Wildman–Crippen MR) is 121 cm³/mol. The predicted octanol–water partition coefficient (Wildman–Crippen LogP) is 6.77. The third-order valence-corrected chi connectivity index (χ3v) is 5.23. The van der Waals surface area contributed by atoms with Crippen LogP contribution < -0.4 is 4.74 Å². The Balaban J connectivity index is 1.57. The molecule has 1 heterocycles. The monoisotopic (exact) mass is 425 g/mol. The molecule has 160 valence electrons. The number of carbonyl (C=O) groups excluding carboxylic acids is 1. The number of furan rings is 1. The molecule has 5 nitrogen and oxygen atoms in total. The van der Waals surface area contributed by atoms with Crippen LogP contribution in [-0.4, -0.2) is 5.97 Å². The summed E-state index contributed by atoms with van der Waals surface area (Å²) < 4.78 is 17.3. The largest absolute Gasteiger partial charge is 0.467 e. The van der Waals surface area contributed by atoms with E-state index in [1.807, 2.05) is 68.4 Å². The molecule has 0 bridgehead atoms. The van der Waals surface area contributed by atoms with E-state index in [0.29, 0.717) is 22.8 Å². The summed E-state index contributed by atoms with van der Waals surface area (Å²) in [6, 6.07) is 26.1. The van der Waals surface area contributed by atoms with Gasteiger partial charge in [-0.05, 0) is 30.2 Å². The number of para-hydroxylation sites is 1. The van der Waals surface area contributed by atoms with E-state index in [9.17, 15) is 10.1 Å². The lowest BCUT2D eigenvalue weighted by Crippen LogP contribution is -2.22. The molecule has 32 heavy (non-hydrogen) atoms. The van der Waals surface area contributed by atoms with E-state index >= 15 is 0 Å². The standard InChI is InChI=1S/C27H23NO4/c1-18(2)25(26-23-14-7-6-9-20(23)17-30-26)27(29)32-24(16-28)19-10-8-13-22(15-19)31-21-11-4-3-5-12-21/h3-15,17-18,24-25H,1-2H3. The number of benzene rings is 3. The Labute approximate surface area is 186 Å². The van der Waals surface area contributed by atoms with Gasteiger partial charge in [-0.3, -0.25) is 4.79 Å². The van der Waals surface area contributed by atoms with Gasteiger partial charge < -0.3 is 13.9 Å². The first-order valence-electron chi connectivity index (χ1n) is 10.5. The van der Waals surface area contributed by atoms with Gasteiger partial charge in [0.05, 0.1) is 6.26 Å². The second-order valence-corrected chi connectivity index (χ2v) is 7.84. The number of hydrogen-bond donors (Lipinski definition) is 0. The van der Waals surface area contributed by atoms with Gasteiger partial charge in [0.1, 0.15) is 29.2 Å². The van der Waals surface area contributed by atoms with E-state index in [4.69, 9.17) is 13.9 Å². The molecule has 1 aromatic heterocycles. The number of rotatable bonds is 7. The molecule has 3 aromatic carbocycles. The van der Waals surface area contributed by atoms with E-state index < -0.39 is 18.0 Å². The highest BCUT2D eigenvalue weighted by molar-refractivity contribution is 5.89. The number of fused-ring (bicyclic) bond motifs is 1. The average Bonchev–Trinajstić information content (AvgIpc) is 3.22. The number of nitriles is 1. The first kappa shape index (κ1) is 21.2. The van der Waals surface area contributed by atoms with Gasteiger partial charge in [-0.2, -0.15) is 5.26 Å². The topological polar surface area (TPSA) is 72.5 Å². The van der Waals surface area contributed by atoms with Crippen molar-refractivity contribution in [3.8, 4) is 17.6 Å². The van der Waals surface area contributed by atoms with Crippen LogP contribution in [0.2, 0.25) is 0 Å². The second kappa shape index (κ2) is 9.40. The molecule has 2 atom stereocenters. The molecule has 4 rings (SSSR count). The van der Waals surface area contributed by atoms with Crippen LogP contribution in [0.15, 0.2) is 89.5 Å². The summed E-state index contributed by atoms with van der Waals surface area (Å²) in [4.78, 5) is 13.2. The molecular weight excluding hydrogens is 402 g/mol. The van der Waals surface area contributed by atoms with Crippen molar-refractivity contribution in [3.63, 3.8) is 0 Å². The minimum Gasteiger partial charge on any atom is -0.467 e. The maximum atomic E-state index is 13.2. The fourth-order valence-corrected chi connectivity index (χ4v) is 3.66. The number of esters is 1. The second-order valence-electron chi connectivity index (χ2n) is 7.84. The zero-order valence-corrected chi connectivity index (χ0v) is 17.9. The Hall–Kier alpha value is -4.04. The molecule has 4 aromatic rings. The summed E-state index contributed by atoms with van der Waals surface area (Å²) >= 11 is 0. The minimum absolute atomic E-state index is 0.0795. The minimum atomic E-state index is -1.07. The number of nitrogens with zero attached hydrogens (tertiary/aromatic N) is 1.